The molecule has 1 aromatic rings. The van der Waals surface area contributed by atoms with Gasteiger partial charge in [0.15, 0.2) is 0 Å². The van der Waals surface area contributed by atoms with Gasteiger partial charge in [-0.05, 0) is 12.5 Å². The van der Waals surface area contributed by atoms with Gasteiger partial charge in [0.1, 0.15) is 0 Å². The van der Waals surface area contributed by atoms with E-state index in [1.165, 1.54) is 0 Å². The molecular formula is C11H14O3. The number of rotatable bonds is 4. The Morgan fingerprint density at radius 2 is 1.93 bits per heavy atom. The molecule has 0 aliphatic heterocycles. The first kappa shape index (κ1) is 10.7. The van der Waals surface area contributed by atoms with Gasteiger partial charge in [0.25, 0.3) is 0 Å². The summed E-state index contributed by atoms with van der Waals surface area (Å²) in [5, 5.41) is 17.7. The third-order valence-corrected chi connectivity index (χ3v) is 2.19. The lowest BCUT2D eigenvalue weighted by Gasteiger charge is -2.11. The normalized spacial score (nSPS) is 12.4. The number of aryl methyl sites for hydroxylation is 1. The van der Waals surface area contributed by atoms with E-state index in [1.54, 1.807) is 0 Å². The number of hydrogen-bond acceptors (Lipinski definition) is 2. The molecule has 14 heavy (non-hydrogen) atoms. The van der Waals surface area contributed by atoms with Gasteiger partial charge in [-0.25, -0.2) is 0 Å². The second kappa shape index (κ2) is 4.77. The Morgan fingerprint density at radius 1 is 1.36 bits per heavy atom. The Labute approximate surface area is 83.0 Å². The average Bonchev–Trinajstić information content (AvgIpc) is 2.15. The van der Waals surface area contributed by atoms with Crippen molar-refractivity contribution in [3.05, 3.63) is 35.4 Å². The summed E-state index contributed by atoms with van der Waals surface area (Å²) in [6.45, 7) is 1.84. The van der Waals surface area contributed by atoms with E-state index >= 15 is 0 Å². The quantitative estimate of drug-likeness (QED) is 0.764. The summed E-state index contributed by atoms with van der Waals surface area (Å²) in [5.41, 5.74) is 2.00. The molecule has 0 amide bonds. The second-order valence-corrected chi connectivity index (χ2v) is 3.39. The minimum Gasteiger partial charge on any atom is -0.481 e. The number of carboxylic acids is 1. The predicted molar refractivity (Wildman–Crippen MR) is 53.3 cm³/mol. The molecule has 0 radical (unpaired) electrons. The molecule has 0 heterocycles. The number of aliphatic hydroxyl groups excluding tert-OH is 1. The van der Waals surface area contributed by atoms with Crippen LogP contribution in [0.3, 0.4) is 0 Å². The van der Waals surface area contributed by atoms with Gasteiger partial charge in [0.05, 0.1) is 13.0 Å². The Kier molecular flexibility index (Phi) is 3.65. The van der Waals surface area contributed by atoms with Crippen LogP contribution in [0.4, 0.5) is 0 Å². The highest BCUT2D eigenvalue weighted by molar-refractivity contribution is 5.68. The van der Waals surface area contributed by atoms with Crippen LogP contribution in [0, 0.1) is 6.92 Å². The van der Waals surface area contributed by atoms with Crippen LogP contribution in [0.5, 0.6) is 0 Å². The number of aliphatic hydroxyl groups is 1. The number of carboxylic acid groups (broad SMARTS) is 1. The van der Waals surface area contributed by atoms with Crippen LogP contribution < -0.4 is 0 Å². The van der Waals surface area contributed by atoms with Crippen LogP contribution in [-0.2, 0) is 4.79 Å². The first-order valence-corrected chi connectivity index (χ1v) is 4.52. The number of hydrogen-bond donors (Lipinski definition) is 2. The van der Waals surface area contributed by atoms with E-state index in [1.807, 2.05) is 31.2 Å². The standard InChI is InChI=1S/C11H14O3/c1-8-2-4-9(5-3-8)10(7-12)6-11(13)14/h2-5,10,12H,6-7H2,1H3,(H,13,14). The molecule has 1 unspecified atom stereocenters. The fourth-order valence-corrected chi connectivity index (χ4v) is 1.34. The van der Waals surface area contributed by atoms with Gasteiger partial charge < -0.3 is 10.2 Å². The van der Waals surface area contributed by atoms with Crippen molar-refractivity contribution < 1.29 is 15.0 Å². The molecule has 0 saturated heterocycles. The van der Waals surface area contributed by atoms with Crippen LogP contribution in [0.15, 0.2) is 24.3 Å². The zero-order valence-corrected chi connectivity index (χ0v) is 8.10. The maximum Gasteiger partial charge on any atom is 0.304 e. The third-order valence-electron chi connectivity index (χ3n) is 2.19. The summed E-state index contributed by atoms with van der Waals surface area (Å²) in [6, 6.07) is 7.55. The Hall–Kier alpha value is -1.35. The molecule has 3 heteroatoms. The number of carbonyl (C=O) groups is 1. The highest BCUT2D eigenvalue weighted by Crippen LogP contribution is 2.19. The van der Waals surface area contributed by atoms with Crippen molar-refractivity contribution in [2.45, 2.75) is 19.3 Å². The average molecular weight is 194 g/mol. The Balaban J connectivity index is 2.78. The van der Waals surface area contributed by atoms with Crippen molar-refractivity contribution in [3.63, 3.8) is 0 Å². The second-order valence-electron chi connectivity index (χ2n) is 3.39. The molecule has 0 aromatic heterocycles. The molecule has 2 N–H and O–H groups in total. The summed E-state index contributed by atoms with van der Waals surface area (Å²) < 4.78 is 0. The fraction of sp³-hybridized carbons (Fsp3) is 0.364. The van der Waals surface area contributed by atoms with Gasteiger partial charge in [-0.15, -0.1) is 0 Å². The van der Waals surface area contributed by atoms with Crippen molar-refractivity contribution in [1.82, 2.24) is 0 Å². The van der Waals surface area contributed by atoms with Gasteiger partial charge in [-0.2, -0.15) is 0 Å². The molecule has 0 aliphatic carbocycles. The Bertz CT molecular complexity index is 303. The molecule has 3 nitrogen and oxygen atoms in total. The largest absolute Gasteiger partial charge is 0.481 e. The van der Waals surface area contributed by atoms with E-state index in [0.29, 0.717) is 0 Å². The van der Waals surface area contributed by atoms with E-state index < -0.39 is 5.97 Å². The van der Waals surface area contributed by atoms with Crippen LogP contribution in [0.1, 0.15) is 23.5 Å². The van der Waals surface area contributed by atoms with Gasteiger partial charge in [0, 0.05) is 5.92 Å². The van der Waals surface area contributed by atoms with Crippen LogP contribution in [-0.4, -0.2) is 22.8 Å². The summed E-state index contributed by atoms with van der Waals surface area (Å²) in [5.74, 6) is -1.18. The molecule has 0 aliphatic rings. The van der Waals surface area contributed by atoms with Gasteiger partial charge in [-0.3, -0.25) is 4.79 Å². The SMILES string of the molecule is Cc1ccc(C(CO)CC(=O)O)cc1. The lowest BCUT2D eigenvalue weighted by atomic mass is 9.96. The van der Waals surface area contributed by atoms with Crippen molar-refractivity contribution in [1.29, 1.82) is 0 Å². The fourth-order valence-electron chi connectivity index (χ4n) is 1.34. The van der Waals surface area contributed by atoms with E-state index in [0.717, 1.165) is 11.1 Å². The minimum atomic E-state index is -0.885. The van der Waals surface area contributed by atoms with Gasteiger partial charge in [-0.1, -0.05) is 29.8 Å². The number of aliphatic carboxylic acids is 1. The lowest BCUT2D eigenvalue weighted by molar-refractivity contribution is -0.137. The first-order chi connectivity index (χ1) is 6.63. The number of benzene rings is 1. The zero-order valence-electron chi connectivity index (χ0n) is 8.10. The smallest absolute Gasteiger partial charge is 0.304 e. The summed E-state index contributed by atoms with van der Waals surface area (Å²) in [4.78, 5) is 10.5. The van der Waals surface area contributed by atoms with E-state index in [4.69, 9.17) is 10.2 Å². The highest BCUT2D eigenvalue weighted by Gasteiger charge is 2.13. The highest BCUT2D eigenvalue weighted by atomic mass is 16.4. The van der Waals surface area contributed by atoms with Crippen molar-refractivity contribution in [2.24, 2.45) is 0 Å². The summed E-state index contributed by atoms with van der Waals surface area (Å²) >= 11 is 0. The van der Waals surface area contributed by atoms with Gasteiger partial charge in [0.2, 0.25) is 0 Å². The molecule has 0 saturated carbocycles. The van der Waals surface area contributed by atoms with Crippen LogP contribution >= 0.6 is 0 Å². The maximum absolute atomic E-state index is 10.5. The summed E-state index contributed by atoms with van der Waals surface area (Å²) in [7, 11) is 0. The lowest BCUT2D eigenvalue weighted by Crippen LogP contribution is -2.10. The molecule has 1 aromatic carbocycles. The van der Waals surface area contributed by atoms with Crippen molar-refractivity contribution >= 4 is 5.97 Å². The topological polar surface area (TPSA) is 57.5 Å². The van der Waals surface area contributed by atoms with Crippen molar-refractivity contribution in [2.75, 3.05) is 6.61 Å². The predicted octanol–water partition coefficient (Wildman–Crippen LogP) is 1.55. The first-order valence-electron chi connectivity index (χ1n) is 4.52. The zero-order chi connectivity index (χ0) is 10.6. The van der Waals surface area contributed by atoms with Crippen molar-refractivity contribution in [3.8, 4) is 0 Å². The maximum atomic E-state index is 10.5. The molecule has 76 valence electrons. The third kappa shape index (κ3) is 2.85. The Morgan fingerprint density at radius 3 is 2.36 bits per heavy atom. The minimum absolute atomic E-state index is 0.0282. The molecule has 0 spiro atoms. The van der Waals surface area contributed by atoms with Gasteiger partial charge >= 0.3 is 5.97 Å². The van der Waals surface area contributed by atoms with Crippen LogP contribution in [0.25, 0.3) is 0 Å². The molecule has 1 rings (SSSR count). The molecule has 0 bridgehead atoms. The molecular weight excluding hydrogens is 180 g/mol. The molecule has 0 fully saturated rings. The molecule has 1 atom stereocenters. The summed E-state index contributed by atoms with van der Waals surface area (Å²) in [6.07, 6.45) is -0.0282. The van der Waals surface area contributed by atoms with E-state index in [9.17, 15) is 4.79 Å². The monoisotopic (exact) mass is 194 g/mol. The van der Waals surface area contributed by atoms with E-state index in [-0.39, 0.29) is 18.9 Å². The van der Waals surface area contributed by atoms with E-state index in [2.05, 4.69) is 0 Å². The van der Waals surface area contributed by atoms with Crippen LogP contribution in [0.2, 0.25) is 0 Å².